The molecular weight excluding hydrogens is 241 g/mol. The van der Waals surface area contributed by atoms with Crippen molar-refractivity contribution in [1.29, 1.82) is 0 Å². The van der Waals surface area contributed by atoms with Crippen molar-refractivity contribution in [1.82, 2.24) is 0 Å². The van der Waals surface area contributed by atoms with Gasteiger partial charge >= 0.3 is 27.7 Å². The molecule has 4 nitrogen and oxygen atoms in total. The van der Waals surface area contributed by atoms with Gasteiger partial charge < -0.3 is 0 Å². The van der Waals surface area contributed by atoms with Gasteiger partial charge in [0.2, 0.25) is 0 Å². The van der Waals surface area contributed by atoms with Crippen LogP contribution in [0.25, 0.3) is 0 Å². The molecular formula is Co2NiO4. The monoisotopic (exact) mass is 240 g/mol. The van der Waals surface area contributed by atoms with Gasteiger partial charge in [0.1, 0.15) is 0 Å². The zero-order valence-corrected chi connectivity index (χ0v) is 5.69. The molecule has 0 aromatic carbocycles. The van der Waals surface area contributed by atoms with Gasteiger partial charge in [-0.2, -0.15) is 0 Å². The zero-order chi connectivity index (χ0) is 4.50. The van der Waals surface area contributed by atoms with E-state index in [1.165, 1.54) is 0 Å². The molecule has 0 N–H and O–H groups in total. The van der Waals surface area contributed by atoms with Crippen LogP contribution < -0.4 is 0 Å². The van der Waals surface area contributed by atoms with Crippen LogP contribution in [0, 0.1) is 0 Å². The Morgan fingerprint density at radius 3 is 0.714 bits per heavy atom. The van der Waals surface area contributed by atoms with Crippen molar-refractivity contribution in [2.45, 2.75) is 0 Å². The van der Waals surface area contributed by atoms with Crippen LogP contribution >= 0.6 is 0 Å². The molecule has 0 aliphatic heterocycles. The van der Waals surface area contributed by atoms with E-state index in [0.29, 0.717) is 0 Å². The average molecular weight is 241 g/mol. The zero-order valence-electron chi connectivity index (χ0n) is 2.62. The molecule has 52 valence electrons. The third kappa shape index (κ3) is 298. The summed E-state index contributed by atoms with van der Waals surface area (Å²) in [6.45, 7) is 0. The van der Waals surface area contributed by atoms with Crippen LogP contribution in [0.1, 0.15) is 0 Å². The third-order valence-corrected chi connectivity index (χ3v) is 0. The Morgan fingerprint density at radius 1 is 0.714 bits per heavy atom. The standard InChI is InChI=1S/2Co.Ni.4O. The Balaban J connectivity index is -0.0000000800. The summed E-state index contributed by atoms with van der Waals surface area (Å²) in [5.41, 5.74) is 0. The first-order valence-electron chi connectivity index (χ1n) is 0.516. The molecule has 0 bridgehead atoms. The van der Waals surface area contributed by atoms with Gasteiger partial charge in [0, 0.05) is 33.6 Å². The van der Waals surface area contributed by atoms with Gasteiger partial charge in [-0.05, 0) is 0 Å². The van der Waals surface area contributed by atoms with Gasteiger partial charge in [-0.15, -0.1) is 0 Å². The summed E-state index contributed by atoms with van der Waals surface area (Å²) in [5.74, 6) is 0. The van der Waals surface area contributed by atoms with E-state index in [1.807, 2.05) is 0 Å². The quantitative estimate of drug-likeness (QED) is 0.536. The molecule has 0 spiro atoms. The van der Waals surface area contributed by atoms with E-state index in [-0.39, 0.29) is 33.6 Å². The Kier molecular flexibility index (Phi) is 10.9. The fraction of sp³-hybridized carbons (Fsp3) is 0. The summed E-state index contributed by atoms with van der Waals surface area (Å²) in [5, 5.41) is 0. The SMILES string of the molecule is [Co].[Co].[O]=[Ni](=[O])(=[O])=[O]. The molecule has 0 atom stereocenters. The molecule has 0 aliphatic carbocycles. The first-order valence-corrected chi connectivity index (χ1v) is 2.13. The summed E-state index contributed by atoms with van der Waals surface area (Å²) in [7, 11) is 0. The molecule has 0 amide bonds. The number of hydrogen-bond acceptors (Lipinski definition) is 4. The van der Waals surface area contributed by atoms with E-state index in [9.17, 15) is 0 Å². The van der Waals surface area contributed by atoms with Gasteiger partial charge in [-0.25, -0.2) is 0 Å². The molecule has 0 heterocycles. The van der Waals surface area contributed by atoms with Crippen molar-refractivity contribution >= 4 is 0 Å². The second-order valence-corrected chi connectivity index (χ2v) is 1.30. The van der Waals surface area contributed by atoms with Crippen LogP contribution in [0.3, 0.4) is 0 Å². The van der Waals surface area contributed by atoms with E-state index >= 15 is 0 Å². The molecule has 0 saturated heterocycles. The molecule has 7 heteroatoms. The minimum absolute atomic E-state index is 0. The van der Waals surface area contributed by atoms with E-state index in [4.69, 9.17) is 15.6 Å². The number of rotatable bonds is 0. The van der Waals surface area contributed by atoms with E-state index in [0.717, 1.165) is 0 Å². The van der Waals surface area contributed by atoms with Gasteiger partial charge in [0.25, 0.3) is 0 Å². The van der Waals surface area contributed by atoms with Crippen LogP contribution in [0.2, 0.25) is 0 Å². The summed E-state index contributed by atoms with van der Waals surface area (Å²) in [6, 6.07) is 0. The van der Waals surface area contributed by atoms with Crippen molar-refractivity contribution in [3.63, 3.8) is 0 Å². The Labute approximate surface area is 61.3 Å². The Morgan fingerprint density at radius 2 is 0.714 bits per heavy atom. The molecule has 0 saturated carbocycles. The molecule has 0 aromatic heterocycles. The summed E-state index contributed by atoms with van der Waals surface area (Å²) < 4.78 is 34.1. The van der Waals surface area contributed by atoms with Gasteiger partial charge in [-0.3, -0.25) is 0 Å². The topological polar surface area (TPSA) is 68.3 Å². The minimum atomic E-state index is -5.25. The van der Waals surface area contributed by atoms with Crippen LogP contribution in [0.5, 0.6) is 0 Å². The second kappa shape index (κ2) is 4.86. The first-order chi connectivity index (χ1) is 2.00. The van der Waals surface area contributed by atoms with E-state index < -0.39 is 12.1 Å². The molecule has 0 rings (SSSR count). The summed E-state index contributed by atoms with van der Waals surface area (Å²) >= 11 is -5.25. The van der Waals surface area contributed by atoms with Gasteiger partial charge in [0.15, 0.2) is 0 Å². The van der Waals surface area contributed by atoms with E-state index in [1.54, 1.807) is 0 Å². The van der Waals surface area contributed by atoms with Crippen molar-refractivity contribution < 1.29 is 61.2 Å². The Bertz CT molecular complexity index is 161. The van der Waals surface area contributed by atoms with Crippen molar-refractivity contribution in [3.05, 3.63) is 0 Å². The van der Waals surface area contributed by atoms with Gasteiger partial charge in [0.05, 0.1) is 0 Å². The van der Waals surface area contributed by atoms with Crippen LogP contribution in [0.15, 0.2) is 0 Å². The fourth-order valence-electron chi connectivity index (χ4n) is 0. The third-order valence-electron chi connectivity index (χ3n) is 0. The first kappa shape index (κ1) is 15.6. The predicted octanol–water partition coefficient (Wildman–Crippen LogP) is -0.483. The molecule has 0 aliphatic rings. The average Bonchev–Trinajstić information content (AvgIpc) is 0.722. The number of hydrogen-bond donors (Lipinski definition) is 0. The molecule has 7 heavy (non-hydrogen) atoms. The summed E-state index contributed by atoms with van der Waals surface area (Å²) in [6.07, 6.45) is 0. The van der Waals surface area contributed by atoms with Crippen molar-refractivity contribution in [2.24, 2.45) is 0 Å². The Hall–Kier alpha value is 0.706. The molecule has 0 fully saturated rings. The summed E-state index contributed by atoms with van der Waals surface area (Å²) in [4.78, 5) is 0. The molecule has 2 radical (unpaired) electrons. The molecule has 0 aromatic rings. The van der Waals surface area contributed by atoms with Crippen molar-refractivity contribution in [3.8, 4) is 0 Å². The van der Waals surface area contributed by atoms with E-state index in [2.05, 4.69) is 0 Å². The second-order valence-electron chi connectivity index (χ2n) is 0.316. The van der Waals surface area contributed by atoms with Crippen LogP contribution in [-0.4, -0.2) is 0 Å². The maximum absolute atomic E-state index is 8.53. The fourth-order valence-corrected chi connectivity index (χ4v) is 0. The normalized spacial score (nSPS) is 10.3. The van der Waals surface area contributed by atoms with Crippen molar-refractivity contribution in [2.75, 3.05) is 0 Å². The molecule has 0 unspecified atom stereocenters. The van der Waals surface area contributed by atoms with Crippen LogP contribution in [-0.2, 0) is 61.2 Å². The van der Waals surface area contributed by atoms with Gasteiger partial charge in [-0.1, -0.05) is 0 Å². The maximum atomic E-state index is 8.53. The van der Waals surface area contributed by atoms with Crippen LogP contribution in [0.4, 0.5) is 0 Å². The predicted molar refractivity (Wildman–Crippen MR) is 2.75 cm³/mol.